The Morgan fingerprint density at radius 2 is 1.73 bits per heavy atom. The fraction of sp³-hybridized carbons (Fsp3) is 0.500. The smallest absolute Gasteiger partial charge is 0.307 e. The van der Waals surface area contributed by atoms with Crippen LogP contribution in [-0.2, 0) is 16.0 Å². The molecule has 1 aromatic rings. The standard InChI is InChI=1S/C14H18O8/c15-6-9-11(18)12(19)13(20)14(22-9)21-8-3-1-7(2-4-8)5-10(16)17/h1-4,9,11-15,18-20H,5-6H2,(H,16,17). The molecule has 2 rings (SSSR count). The van der Waals surface area contributed by atoms with Crippen LogP contribution in [0.4, 0.5) is 0 Å². The SMILES string of the molecule is O=C(O)Cc1ccc(OC2OC(CO)C(O)C(O)C2O)cc1. The quantitative estimate of drug-likeness (QED) is 0.442. The van der Waals surface area contributed by atoms with Gasteiger partial charge in [0.2, 0.25) is 6.29 Å². The van der Waals surface area contributed by atoms with E-state index in [1.807, 2.05) is 0 Å². The fourth-order valence-electron chi connectivity index (χ4n) is 2.16. The van der Waals surface area contributed by atoms with Crippen molar-refractivity contribution in [1.82, 2.24) is 0 Å². The van der Waals surface area contributed by atoms with E-state index in [0.717, 1.165) is 0 Å². The van der Waals surface area contributed by atoms with Gasteiger partial charge in [-0.15, -0.1) is 0 Å². The molecule has 0 aliphatic carbocycles. The Hall–Kier alpha value is -1.71. The summed E-state index contributed by atoms with van der Waals surface area (Å²) in [7, 11) is 0. The van der Waals surface area contributed by atoms with Gasteiger partial charge in [0.1, 0.15) is 30.2 Å². The Bertz CT molecular complexity index is 500. The number of rotatable bonds is 5. The molecule has 0 aromatic heterocycles. The lowest BCUT2D eigenvalue weighted by Gasteiger charge is -2.39. The molecule has 5 unspecified atom stereocenters. The Labute approximate surface area is 126 Å². The van der Waals surface area contributed by atoms with Crippen molar-refractivity contribution in [3.8, 4) is 5.75 Å². The predicted octanol–water partition coefficient (Wildman–Crippen LogP) is -1.51. The number of aliphatic hydroxyl groups excluding tert-OH is 4. The molecule has 1 aliphatic heterocycles. The fourth-order valence-corrected chi connectivity index (χ4v) is 2.16. The molecule has 1 aliphatic rings. The average molecular weight is 314 g/mol. The van der Waals surface area contributed by atoms with Crippen LogP contribution in [0.15, 0.2) is 24.3 Å². The second-order valence-corrected chi connectivity index (χ2v) is 5.03. The summed E-state index contributed by atoms with van der Waals surface area (Å²) >= 11 is 0. The summed E-state index contributed by atoms with van der Waals surface area (Å²) in [6.07, 6.45) is -6.88. The molecule has 5 N–H and O–H groups in total. The molecule has 1 saturated heterocycles. The molecular weight excluding hydrogens is 296 g/mol. The first-order chi connectivity index (χ1) is 10.4. The number of carbonyl (C=O) groups is 1. The molecule has 122 valence electrons. The molecule has 22 heavy (non-hydrogen) atoms. The van der Waals surface area contributed by atoms with Crippen LogP contribution in [0.3, 0.4) is 0 Å². The number of aliphatic hydroxyl groups is 4. The Kier molecular flexibility index (Phi) is 5.33. The predicted molar refractivity (Wildman–Crippen MR) is 72.2 cm³/mol. The van der Waals surface area contributed by atoms with Gasteiger partial charge in [-0.3, -0.25) is 4.79 Å². The van der Waals surface area contributed by atoms with E-state index in [0.29, 0.717) is 11.3 Å². The molecule has 5 atom stereocenters. The zero-order chi connectivity index (χ0) is 16.3. The molecule has 8 heteroatoms. The van der Waals surface area contributed by atoms with Crippen LogP contribution in [0.1, 0.15) is 5.56 Å². The first-order valence-electron chi connectivity index (χ1n) is 6.70. The number of ether oxygens (including phenoxy) is 2. The topological polar surface area (TPSA) is 137 Å². The number of hydrogen-bond donors (Lipinski definition) is 5. The first kappa shape index (κ1) is 16.7. The van der Waals surface area contributed by atoms with Crippen LogP contribution in [0.5, 0.6) is 5.75 Å². The number of carboxylic acids is 1. The van der Waals surface area contributed by atoms with E-state index < -0.39 is 43.3 Å². The van der Waals surface area contributed by atoms with E-state index in [-0.39, 0.29) is 6.42 Å². The van der Waals surface area contributed by atoms with E-state index in [4.69, 9.17) is 19.7 Å². The number of hydrogen-bond acceptors (Lipinski definition) is 7. The second-order valence-electron chi connectivity index (χ2n) is 5.03. The highest BCUT2D eigenvalue weighted by Crippen LogP contribution is 2.24. The highest BCUT2D eigenvalue weighted by Gasteiger charge is 2.44. The van der Waals surface area contributed by atoms with Crippen LogP contribution < -0.4 is 4.74 Å². The van der Waals surface area contributed by atoms with Crippen LogP contribution in [-0.4, -0.2) is 68.8 Å². The summed E-state index contributed by atoms with van der Waals surface area (Å²) in [5.74, 6) is -0.666. The zero-order valence-corrected chi connectivity index (χ0v) is 11.6. The van der Waals surface area contributed by atoms with Gasteiger partial charge in [0, 0.05) is 0 Å². The van der Waals surface area contributed by atoms with Crippen molar-refractivity contribution >= 4 is 5.97 Å². The Balaban J connectivity index is 2.04. The lowest BCUT2D eigenvalue weighted by molar-refractivity contribution is -0.277. The molecule has 0 saturated carbocycles. The molecular formula is C14H18O8. The van der Waals surface area contributed by atoms with Gasteiger partial charge in [-0.2, -0.15) is 0 Å². The minimum Gasteiger partial charge on any atom is -0.481 e. The normalized spacial score (nSPS) is 31.7. The zero-order valence-electron chi connectivity index (χ0n) is 11.6. The monoisotopic (exact) mass is 314 g/mol. The molecule has 0 radical (unpaired) electrons. The Morgan fingerprint density at radius 3 is 2.27 bits per heavy atom. The van der Waals surface area contributed by atoms with Gasteiger partial charge < -0.3 is 35.0 Å². The third-order valence-corrected chi connectivity index (χ3v) is 3.38. The largest absolute Gasteiger partial charge is 0.481 e. The summed E-state index contributed by atoms with van der Waals surface area (Å²) in [4.78, 5) is 10.6. The summed E-state index contributed by atoms with van der Waals surface area (Å²) in [5, 5.41) is 46.9. The lowest BCUT2D eigenvalue weighted by atomic mass is 9.99. The van der Waals surface area contributed by atoms with E-state index in [1.54, 1.807) is 12.1 Å². The van der Waals surface area contributed by atoms with Gasteiger partial charge in [0.25, 0.3) is 0 Å². The maximum Gasteiger partial charge on any atom is 0.307 e. The summed E-state index contributed by atoms with van der Waals surface area (Å²) in [6.45, 7) is -0.539. The van der Waals surface area contributed by atoms with E-state index >= 15 is 0 Å². The van der Waals surface area contributed by atoms with Gasteiger partial charge in [-0.1, -0.05) is 12.1 Å². The maximum absolute atomic E-state index is 10.6. The van der Waals surface area contributed by atoms with Crippen molar-refractivity contribution < 1.29 is 39.8 Å². The molecule has 1 aromatic carbocycles. The number of carboxylic acid groups (broad SMARTS) is 1. The van der Waals surface area contributed by atoms with Crippen LogP contribution >= 0.6 is 0 Å². The summed E-state index contributed by atoms with van der Waals surface area (Å²) in [6, 6.07) is 6.10. The molecule has 0 amide bonds. The van der Waals surface area contributed by atoms with Crippen LogP contribution in [0.2, 0.25) is 0 Å². The second kappa shape index (κ2) is 7.03. The minimum atomic E-state index is -1.51. The Morgan fingerprint density at radius 1 is 1.09 bits per heavy atom. The van der Waals surface area contributed by atoms with Crippen molar-refractivity contribution in [2.45, 2.75) is 37.1 Å². The van der Waals surface area contributed by atoms with Crippen molar-refractivity contribution in [2.24, 2.45) is 0 Å². The highest BCUT2D eigenvalue weighted by atomic mass is 16.7. The number of aliphatic carboxylic acids is 1. The van der Waals surface area contributed by atoms with E-state index in [1.165, 1.54) is 12.1 Å². The third-order valence-electron chi connectivity index (χ3n) is 3.38. The summed E-state index contributed by atoms with van der Waals surface area (Å²) < 4.78 is 10.6. The lowest BCUT2D eigenvalue weighted by Crippen LogP contribution is -2.60. The number of benzene rings is 1. The van der Waals surface area contributed by atoms with E-state index in [9.17, 15) is 20.1 Å². The molecule has 8 nitrogen and oxygen atoms in total. The van der Waals surface area contributed by atoms with Gasteiger partial charge in [0.05, 0.1) is 13.0 Å². The summed E-state index contributed by atoms with van der Waals surface area (Å²) in [5.41, 5.74) is 0.577. The highest BCUT2D eigenvalue weighted by molar-refractivity contribution is 5.70. The van der Waals surface area contributed by atoms with Crippen LogP contribution in [0.25, 0.3) is 0 Å². The molecule has 1 fully saturated rings. The van der Waals surface area contributed by atoms with E-state index in [2.05, 4.69) is 0 Å². The molecule has 1 heterocycles. The average Bonchev–Trinajstić information content (AvgIpc) is 2.49. The maximum atomic E-state index is 10.6. The molecule has 0 bridgehead atoms. The van der Waals surface area contributed by atoms with Crippen molar-refractivity contribution in [1.29, 1.82) is 0 Å². The minimum absolute atomic E-state index is 0.125. The first-order valence-corrected chi connectivity index (χ1v) is 6.70. The van der Waals surface area contributed by atoms with Crippen LogP contribution in [0, 0.1) is 0 Å². The third kappa shape index (κ3) is 3.73. The van der Waals surface area contributed by atoms with Crippen molar-refractivity contribution in [2.75, 3.05) is 6.61 Å². The van der Waals surface area contributed by atoms with Gasteiger partial charge in [-0.25, -0.2) is 0 Å². The molecule has 0 spiro atoms. The van der Waals surface area contributed by atoms with Gasteiger partial charge in [-0.05, 0) is 17.7 Å². The van der Waals surface area contributed by atoms with Gasteiger partial charge in [0.15, 0.2) is 0 Å². The van der Waals surface area contributed by atoms with Crippen molar-refractivity contribution in [3.05, 3.63) is 29.8 Å². The van der Waals surface area contributed by atoms with Crippen molar-refractivity contribution in [3.63, 3.8) is 0 Å². The van der Waals surface area contributed by atoms with Gasteiger partial charge >= 0.3 is 5.97 Å².